The molecular formula is C26H34N2O2. The second-order valence-corrected chi connectivity index (χ2v) is 8.14. The molecule has 4 heteroatoms. The molecule has 160 valence electrons. The van der Waals surface area contributed by atoms with Gasteiger partial charge in [0.05, 0.1) is 11.8 Å². The van der Waals surface area contributed by atoms with E-state index in [1.165, 1.54) is 11.4 Å². The van der Waals surface area contributed by atoms with Crippen molar-refractivity contribution in [3.63, 3.8) is 0 Å². The smallest absolute Gasteiger partial charge is 0.154 e. The third kappa shape index (κ3) is 4.28. The molecule has 30 heavy (non-hydrogen) atoms. The molecule has 2 aromatic carbocycles. The molecule has 0 amide bonds. The summed E-state index contributed by atoms with van der Waals surface area (Å²) in [6, 6.07) is 16.7. The first kappa shape index (κ1) is 22.1. The lowest BCUT2D eigenvalue weighted by Crippen LogP contribution is -2.53. The van der Waals surface area contributed by atoms with Crippen LogP contribution >= 0.6 is 0 Å². The maximum Gasteiger partial charge on any atom is 0.154 e. The number of ketones is 2. The highest BCUT2D eigenvalue weighted by atomic mass is 16.2. The van der Waals surface area contributed by atoms with Crippen LogP contribution in [0.4, 0.5) is 11.4 Å². The lowest BCUT2D eigenvalue weighted by Gasteiger charge is -2.38. The van der Waals surface area contributed by atoms with Gasteiger partial charge in [0.25, 0.3) is 0 Å². The van der Waals surface area contributed by atoms with E-state index in [0.717, 1.165) is 37.3 Å². The first-order valence-corrected chi connectivity index (χ1v) is 11.2. The van der Waals surface area contributed by atoms with Crippen LogP contribution in [-0.2, 0) is 22.4 Å². The number of benzene rings is 2. The predicted molar refractivity (Wildman–Crippen MR) is 124 cm³/mol. The Morgan fingerprint density at radius 3 is 1.23 bits per heavy atom. The van der Waals surface area contributed by atoms with E-state index >= 15 is 0 Å². The average Bonchev–Trinajstić information content (AvgIpc) is 2.77. The third-order valence-electron chi connectivity index (χ3n) is 6.53. The predicted octanol–water partition coefficient (Wildman–Crippen LogP) is 4.69. The van der Waals surface area contributed by atoms with Crippen LogP contribution in [0.3, 0.4) is 0 Å². The Bertz CT molecular complexity index is 789. The van der Waals surface area contributed by atoms with E-state index in [9.17, 15) is 9.59 Å². The van der Waals surface area contributed by atoms with Crippen LogP contribution in [0.1, 0.15) is 45.2 Å². The number of rotatable bonds is 10. The van der Waals surface area contributed by atoms with E-state index in [-0.39, 0.29) is 18.0 Å². The standard InChI is InChI=1S/C26H34N2O2/c1-5-27(6-2)22-13-9-20(10-14-22)18-26(24(29)17-25(26)30)19-21-11-15-23(16-12-21)28(7-3)8-4/h9-16H,5-8,17-19H2,1-4H3. The normalized spacial score (nSPS) is 15.1. The molecule has 1 aliphatic carbocycles. The van der Waals surface area contributed by atoms with Gasteiger partial charge in [-0.25, -0.2) is 0 Å². The van der Waals surface area contributed by atoms with Gasteiger partial charge < -0.3 is 9.80 Å². The molecule has 0 saturated heterocycles. The fourth-order valence-electron chi connectivity index (χ4n) is 4.51. The zero-order valence-electron chi connectivity index (χ0n) is 18.8. The van der Waals surface area contributed by atoms with Gasteiger partial charge in [-0.1, -0.05) is 24.3 Å². The van der Waals surface area contributed by atoms with Crippen molar-refractivity contribution in [1.29, 1.82) is 0 Å². The Hall–Kier alpha value is -2.62. The van der Waals surface area contributed by atoms with Crippen molar-refractivity contribution in [2.24, 2.45) is 5.41 Å². The van der Waals surface area contributed by atoms with Crippen molar-refractivity contribution in [2.75, 3.05) is 36.0 Å². The average molecular weight is 407 g/mol. The Labute approximate surface area is 180 Å². The molecule has 0 bridgehead atoms. The molecule has 0 heterocycles. The maximum absolute atomic E-state index is 12.7. The third-order valence-corrected chi connectivity index (χ3v) is 6.53. The lowest BCUT2D eigenvalue weighted by atomic mass is 9.60. The fourth-order valence-corrected chi connectivity index (χ4v) is 4.51. The molecule has 0 unspecified atom stereocenters. The molecule has 0 aliphatic heterocycles. The highest BCUT2D eigenvalue weighted by molar-refractivity contribution is 6.25. The molecule has 1 aliphatic rings. The van der Waals surface area contributed by atoms with Gasteiger partial charge >= 0.3 is 0 Å². The van der Waals surface area contributed by atoms with Gasteiger partial charge in [0.1, 0.15) is 0 Å². The highest BCUT2D eigenvalue weighted by Crippen LogP contribution is 2.40. The highest BCUT2D eigenvalue weighted by Gasteiger charge is 2.53. The van der Waals surface area contributed by atoms with Crippen LogP contribution in [0, 0.1) is 5.41 Å². The molecule has 0 spiro atoms. The molecule has 1 saturated carbocycles. The molecular weight excluding hydrogens is 372 g/mol. The van der Waals surface area contributed by atoms with Crippen molar-refractivity contribution < 1.29 is 9.59 Å². The van der Waals surface area contributed by atoms with Crippen LogP contribution in [-0.4, -0.2) is 37.7 Å². The number of carbonyl (C=O) groups is 2. The fraction of sp³-hybridized carbons (Fsp3) is 0.462. The molecule has 0 atom stereocenters. The number of hydrogen-bond donors (Lipinski definition) is 0. The van der Waals surface area contributed by atoms with E-state index < -0.39 is 5.41 Å². The first-order chi connectivity index (χ1) is 14.5. The molecule has 3 rings (SSSR count). The monoisotopic (exact) mass is 406 g/mol. The second kappa shape index (κ2) is 9.46. The second-order valence-electron chi connectivity index (χ2n) is 8.14. The summed E-state index contributed by atoms with van der Waals surface area (Å²) in [4.78, 5) is 29.9. The molecule has 0 radical (unpaired) electrons. The van der Waals surface area contributed by atoms with Crippen molar-refractivity contribution >= 4 is 22.9 Å². The van der Waals surface area contributed by atoms with Gasteiger partial charge in [-0.3, -0.25) is 9.59 Å². The van der Waals surface area contributed by atoms with Crippen molar-refractivity contribution in [3.05, 3.63) is 59.7 Å². The minimum absolute atomic E-state index is 0.0770. The minimum atomic E-state index is -0.895. The van der Waals surface area contributed by atoms with Crippen molar-refractivity contribution in [3.8, 4) is 0 Å². The Kier molecular flexibility index (Phi) is 6.96. The Morgan fingerprint density at radius 2 is 0.967 bits per heavy atom. The van der Waals surface area contributed by atoms with E-state index in [1.54, 1.807) is 0 Å². The first-order valence-electron chi connectivity index (χ1n) is 11.2. The van der Waals surface area contributed by atoms with Crippen molar-refractivity contribution in [2.45, 2.75) is 47.0 Å². The molecule has 0 aromatic heterocycles. The summed E-state index contributed by atoms with van der Waals surface area (Å²) in [6.45, 7) is 12.4. The minimum Gasteiger partial charge on any atom is -0.372 e. The van der Waals surface area contributed by atoms with Crippen LogP contribution in [0.25, 0.3) is 0 Å². The quantitative estimate of drug-likeness (QED) is 0.537. The molecule has 2 aromatic rings. The maximum atomic E-state index is 12.7. The lowest BCUT2D eigenvalue weighted by molar-refractivity contribution is -0.153. The topological polar surface area (TPSA) is 40.6 Å². The van der Waals surface area contributed by atoms with E-state index in [4.69, 9.17) is 0 Å². The summed E-state index contributed by atoms with van der Waals surface area (Å²) in [5.41, 5.74) is 3.55. The summed E-state index contributed by atoms with van der Waals surface area (Å²) in [5, 5.41) is 0. The summed E-state index contributed by atoms with van der Waals surface area (Å²) < 4.78 is 0. The molecule has 4 nitrogen and oxygen atoms in total. The van der Waals surface area contributed by atoms with Crippen molar-refractivity contribution in [1.82, 2.24) is 0 Å². The largest absolute Gasteiger partial charge is 0.372 e. The summed E-state index contributed by atoms with van der Waals surface area (Å²) in [6.07, 6.45) is 1.05. The summed E-state index contributed by atoms with van der Waals surface area (Å²) in [7, 11) is 0. The number of Topliss-reactive ketones (excluding diaryl/α,β-unsaturated/α-hetero) is 2. The van der Waals surface area contributed by atoms with E-state index in [1.807, 2.05) is 0 Å². The molecule has 1 fully saturated rings. The van der Waals surface area contributed by atoms with Crippen LogP contribution in [0.2, 0.25) is 0 Å². The number of anilines is 2. The zero-order valence-corrected chi connectivity index (χ0v) is 18.8. The number of hydrogen-bond acceptors (Lipinski definition) is 4. The summed E-state index contributed by atoms with van der Waals surface area (Å²) >= 11 is 0. The number of carbonyl (C=O) groups excluding carboxylic acids is 2. The van der Waals surface area contributed by atoms with Crippen LogP contribution < -0.4 is 9.80 Å². The zero-order chi connectivity index (χ0) is 21.7. The van der Waals surface area contributed by atoms with Gasteiger partial charge in [-0.2, -0.15) is 0 Å². The van der Waals surface area contributed by atoms with Crippen LogP contribution in [0.15, 0.2) is 48.5 Å². The van der Waals surface area contributed by atoms with Gasteiger partial charge in [0.2, 0.25) is 0 Å². The molecule has 0 N–H and O–H groups in total. The van der Waals surface area contributed by atoms with Gasteiger partial charge in [0.15, 0.2) is 11.6 Å². The SMILES string of the molecule is CCN(CC)c1ccc(CC2(Cc3ccc(N(CC)CC)cc3)C(=O)CC2=O)cc1. The summed E-state index contributed by atoms with van der Waals surface area (Å²) in [5.74, 6) is 0.154. The van der Waals surface area contributed by atoms with Gasteiger partial charge in [-0.05, 0) is 75.9 Å². The van der Waals surface area contributed by atoms with Gasteiger partial charge in [-0.15, -0.1) is 0 Å². The Balaban J connectivity index is 1.79. The van der Waals surface area contributed by atoms with Gasteiger partial charge in [0, 0.05) is 37.6 Å². The number of nitrogens with zero attached hydrogens (tertiary/aromatic N) is 2. The van der Waals surface area contributed by atoms with E-state index in [0.29, 0.717) is 12.8 Å². The van der Waals surface area contributed by atoms with E-state index in [2.05, 4.69) is 86.0 Å². The Morgan fingerprint density at radius 1 is 0.633 bits per heavy atom. The van der Waals surface area contributed by atoms with Crippen LogP contribution in [0.5, 0.6) is 0 Å².